The molecule has 0 N–H and O–H groups in total. The van der Waals surface area contributed by atoms with E-state index in [4.69, 9.17) is 11.6 Å². The molecule has 0 saturated heterocycles. The molecule has 0 saturated carbocycles. The average molecular weight is 229 g/mol. The highest BCUT2D eigenvalue weighted by molar-refractivity contribution is 6.30. The van der Waals surface area contributed by atoms with Gasteiger partial charge in [-0.2, -0.15) is 0 Å². The SMILES string of the molecule is CCOC(=O)/C=C/c1ccc(F)c(Cl)c1. The lowest BCUT2D eigenvalue weighted by molar-refractivity contribution is -0.137. The molecule has 0 aliphatic heterocycles. The summed E-state index contributed by atoms with van der Waals surface area (Å²) in [6.07, 6.45) is 2.79. The number of carbonyl (C=O) groups excluding carboxylic acids is 1. The maximum absolute atomic E-state index is 12.8. The van der Waals surface area contributed by atoms with E-state index in [-0.39, 0.29) is 5.02 Å². The van der Waals surface area contributed by atoms with Crippen LogP contribution in [0.25, 0.3) is 6.08 Å². The van der Waals surface area contributed by atoms with Gasteiger partial charge >= 0.3 is 5.97 Å². The zero-order valence-corrected chi connectivity index (χ0v) is 8.92. The van der Waals surface area contributed by atoms with Gasteiger partial charge < -0.3 is 4.74 Å². The number of carbonyl (C=O) groups is 1. The molecule has 0 radical (unpaired) electrons. The van der Waals surface area contributed by atoms with Crippen LogP contribution >= 0.6 is 11.6 Å². The minimum Gasteiger partial charge on any atom is -0.463 e. The van der Waals surface area contributed by atoms with Gasteiger partial charge in [0.1, 0.15) is 5.82 Å². The Kier molecular flexibility index (Phi) is 4.31. The van der Waals surface area contributed by atoms with Crippen molar-refractivity contribution in [1.82, 2.24) is 0 Å². The van der Waals surface area contributed by atoms with Crippen molar-refractivity contribution in [3.05, 3.63) is 40.7 Å². The van der Waals surface area contributed by atoms with Gasteiger partial charge in [0.05, 0.1) is 11.6 Å². The van der Waals surface area contributed by atoms with Crippen LogP contribution in [0.2, 0.25) is 5.02 Å². The molecule has 0 unspecified atom stereocenters. The highest BCUT2D eigenvalue weighted by atomic mass is 35.5. The molecule has 0 heterocycles. The van der Waals surface area contributed by atoms with Gasteiger partial charge in [0.2, 0.25) is 0 Å². The number of esters is 1. The molecule has 0 fully saturated rings. The minimum absolute atomic E-state index is 0.0287. The molecule has 4 heteroatoms. The van der Waals surface area contributed by atoms with E-state index in [1.807, 2.05) is 0 Å². The summed E-state index contributed by atoms with van der Waals surface area (Å²) in [6.45, 7) is 2.05. The molecule has 0 bridgehead atoms. The fraction of sp³-hybridized carbons (Fsp3) is 0.182. The van der Waals surface area contributed by atoms with E-state index < -0.39 is 11.8 Å². The Labute approximate surface area is 92.3 Å². The van der Waals surface area contributed by atoms with Crippen LogP contribution in [0.5, 0.6) is 0 Å². The van der Waals surface area contributed by atoms with Gasteiger partial charge in [0.25, 0.3) is 0 Å². The van der Waals surface area contributed by atoms with E-state index in [9.17, 15) is 9.18 Å². The summed E-state index contributed by atoms with van der Waals surface area (Å²) in [5.74, 6) is -0.914. The molecule has 15 heavy (non-hydrogen) atoms. The third-order valence-electron chi connectivity index (χ3n) is 1.64. The Morgan fingerprint density at radius 1 is 1.60 bits per heavy atom. The lowest BCUT2D eigenvalue weighted by Crippen LogP contribution is -1.98. The van der Waals surface area contributed by atoms with E-state index in [1.54, 1.807) is 6.92 Å². The maximum Gasteiger partial charge on any atom is 0.330 e. The fourth-order valence-electron chi connectivity index (χ4n) is 0.971. The monoisotopic (exact) mass is 228 g/mol. The Morgan fingerprint density at radius 2 is 2.33 bits per heavy atom. The van der Waals surface area contributed by atoms with Gasteiger partial charge in [0, 0.05) is 6.08 Å². The van der Waals surface area contributed by atoms with Crippen LogP contribution in [0.1, 0.15) is 12.5 Å². The van der Waals surface area contributed by atoms with E-state index >= 15 is 0 Å². The molecular formula is C11H10ClFO2. The number of halogens is 2. The number of benzene rings is 1. The topological polar surface area (TPSA) is 26.3 Å². The van der Waals surface area contributed by atoms with Crippen molar-refractivity contribution in [2.24, 2.45) is 0 Å². The first-order chi connectivity index (χ1) is 7.13. The van der Waals surface area contributed by atoms with Crippen molar-refractivity contribution in [3.8, 4) is 0 Å². The van der Waals surface area contributed by atoms with Crippen molar-refractivity contribution < 1.29 is 13.9 Å². The van der Waals surface area contributed by atoms with Crippen molar-refractivity contribution in [3.63, 3.8) is 0 Å². The first-order valence-electron chi connectivity index (χ1n) is 4.43. The number of rotatable bonds is 3. The highest BCUT2D eigenvalue weighted by Crippen LogP contribution is 2.16. The molecule has 0 aromatic heterocycles. The standard InChI is InChI=1S/C11H10ClFO2/c1-2-15-11(14)6-4-8-3-5-10(13)9(12)7-8/h3-7H,2H2,1H3/b6-4+. The molecule has 0 atom stereocenters. The van der Waals surface area contributed by atoms with Crippen molar-refractivity contribution in [2.75, 3.05) is 6.61 Å². The Hall–Kier alpha value is -1.35. The molecule has 0 aliphatic carbocycles. The first-order valence-corrected chi connectivity index (χ1v) is 4.81. The minimum atomic E-state index is -0.482. The van der Waals surface area contributed by atoms with Crippen LogP contribution in [0.15, 0.2) is 24.3 Å². The Morgan fingerprint density at radius 3 is 2.93 bits per heavy atom. The van der Waals surface area contributed by atoms with Gasteiger partial charge in [-0.15, -0.1) is 0 Å². The summed E-state index contributed by atoms with van der Waals surface area (Å²) in [4.78, 5) is 11.0. The van der Waals surface area contributed by atoms with Gasteiger partial charge in [-0.1, -0.05) is 17.7 Å². The average Bonchev–Trinajstić information content (AvgIpc) is 2.20. The number of ether oxygens (including phenoxy) is 1. The zero-order valence-electron chi connectivity index (χ0n) is 8.17. The van der Waals surface area contributed by atoms with Gasteiger partial charge in [0.15, 0.2) is 0 Å². The Bertz CT molecular complexity index is 388. The largest absolute Gasteiger partial charge is 0.463 e. The van der Waals surface area contributed by atoms with Crippen molar-refractivity contribution in [2.45, 2.75) is 6.92 Å². The Balaban J connectivity index is 2.72. The van der Waals surface area contributed by atoms with Crippen LogP contribution in [-0.4, -0.2) is 12.6 Å². The van der Waals surface area contributed by atoms with Gasteiger partial charge in [-0.3, -0.25) is 0 Å². The quantitative estimate of drug-likeness (QED) is 0.587. The van der Waals surface area contributed by atoms with Gasteiger partial charge in [-0.25, -0.2) is 9.18 Å². The lowest BCUT2D eigenvalue weighted by Gasteiger charge is -1.97. The molecule has 0 aliphatic rings. The third kappa shape index (κ3) is 3.72. The molecule has 80 valence electrons. The van der Waals surface area contributed by atoms with Crippen LogP contribution < -0.4 is 0 Å². The first kappa shape index (κ1) is 11.7. The third-order valence-corrected chi connectivity index (χ3v) is 1.93. The molecule has 0 spiro atoms. The summed E-state index contributed by atoms with van der Waals surface area (Å²) in [5.41, 5.74) is 0.648. The van der Waals surface area contributed by atoms with Gasteiger partial charge in [-0.05, 0) is 30.7 Å². The van der Waals surface area contributed by atoms with E-state index in [0.717, 1.165) is 0 Å². The molecular weight excluding hydrogens is 219 g/mol. The number of hydrogen-bond donors (Lipinski definition) is 0. The second-order valence-corrected chi connectivity index (χ2v) is 3.17. The van der Waals surface area contributed by atoms with E-state index in [0.29, 0.717) is 12.2 Å². The summed E-state index contributed by atoms with van der Waals surface area (Å²) >= 11 is 5.57. The second kappa shape index (κ2) is 5.51. The number of hydrogen-bond acceptors (Lipinski definition) is 2. The van der Waals surface area contributed by atoms with Crippen LogP contribution in [0.4, 0.5) is 4.39 Å². The molecule has 2 nitrogen and oxygen atoms in total. The second-order valence-electron chi connectivity index (χ2n) is 2.76. The predicted octanol–water partition coefficient (Wildman–Crippen LogP) is 3.06. The van der Waals surface area contributed by atoms with Crippen molar-refractivity contribution in [1.29, 1.82) is 0 Å². The predicted molar refractivity (Wildman–Crippen MR) is 57.1 cm³/mol. The van der Waals surface area contributed by atoms with Crippen LogP contribution in [0.3, 0.4) is 0 Å². The normalized spacial score (nSPS) is 10.6. The molecule has 1 rings (SSSR count). The summed E-state index contributed by atoms with van der Waals surface area (Å²) in [5, 5.41) is 0.0287. The van der Waals surface area contributed by atoms with Crippen LogP contribution in [-0.2, 0) is 9.53 Å². The summed E-state index contributed by atoms with van der Waals surface area (Å²) < 4.78 is 17.5. The van der Waals surface area contributed by atoms with Crippen LogP contribution in [0, 0.1) is 5.82 Å². The molecule has 0 amide bonds. The summed E-state index contributed by atoms with van der Waals surface area (Å²) in [7, 11) is 0. The molecule has 1 aromatic carbocycles. The zero-order chi connectivity index (χ0) is 11.3. The van der Waals surface area contributed by atoms with Crippen molar-refractivity contribution >= 4 is 23.6 Å². The van der Waals surface area contributed by atoms with E-state index in [2.05, 4.69) is 4.74 Å². The maximum atomic E-state index is 12.8. The highest BCUT2D eigenvalue weighted by Gasteiger charge is 1.99. The smallest absolute Gasteiger partial charge is 0.330 e. The molecule has 1 aromatic rings. The van der Waals surface area contributed by atoms with E-state index in [1.165, 1.54) is 30.4 Å². The summed E-state index contributed by atoms with van der Waals surface area (Å²) in [6, 6.07) is 4.21. The fourth-order valence-corrected chi connectivity index (χ4v) is 1.16. The lowest BCUT2D eigenvalue weighted by atomic mass is 10.2.